The van der Waals surface area contributed by atoms with Gasteiger partial charge in [-0.15, -0.1) is 10.2 Å². The SMILES string of the molecule is CC(=O)Oc1ccc(-c2ccccc2)nn1. The highest BCUT2D eigenvalue weighted by Crippen LogP contribution is 2.16. The number of esters is 1. The molecule has 0 saturated heterocycles. The number of carbonyl (C=O) groups excluding carboxylic acids is 1. The third kappa shape index (κ3) is 2.42. The molecule has 0 aliphatic rings. The van der Waals surface area contributed by atoms with E-state index < -0.39 is 5.97 Å². The lowest BCUT2D eigenvalue weighted by Crippen LogP contribution is -2.03. The molecule has 0 aliphatic carbocycles. The highest BCUT2D eigenvalue weighted by molar-refractivity contribution is 5.68. The Hall–Kier alpha value is -2.23. The van der Waals surface area contributed by atoms with Gasteiger partial charge in [0.1, 0.15) is 0 Å². The van der Waals surface area contributed by atoms with Crippen molar-refractivity contribution in [3.63, 3.8) is 0 Å². The highest BCUT2D eigenvalue weighted by Gasteiger charge is 2.02. The van der Waals surface area contributed by atoms with Gasteiger partial charge in [0.15, 0.2) is 0 Å². The lowest BCUT2D eigenvalue weighted by Gasteiger charge is -2.01. The van der Waals surface area contributed by atoms with Gasteiger partial charge in [-0.05, 0) is 6.07 Å². The topological polar surface area (TPSA) is 52.1 Å². The molecule has 2 aromatic rings. The Morgan fingerprint density at radius 1 is 1.06 bits per heavy atom. The van der Waals surface area contributed by atoms with E-state index in [2.05, 4.69) is 10.2 Å². The van der Waals surface area contributed by atoms with Gasteiger partial charge in [0, 0.05) is 18.6 Å². The Bertz CT molecular complexity index is 480. The van der Waals surface area contributed by atoms with Crippen LogP contribution in [-0.4, -0.2) is 16.2 Å². The molecular weight excluding hydrogens is 204 g/mol. The fraction of sp³-hybridized carbons (Fsp3) is 0.0833. The van der Waals surface area contributed by atoms with Crippen LogP contribution in [0.4, 0.5) is 0 Å². The molecule has 0 amide bonds. The number of benzene rings is 1. The van der Waals surface area contributed by atoms with Crippen molar-refractivity contribution in [2.24, 2.45) is 0 Å². The molecule has 0 saturated carbocycles. The Morgan fingerprint density at radius 3 is 2.38 bits per heavy atom. The van der Waals surface area contributed by atoms with Gasteiger partial charge in [-0.2, -0.15) is 0 Å². The van der Waals surface area contributed by atoms with Crippen molar-refractivity contribution < 1.29 is 9.53 Å². The van der Waals surface area contributed by atoms with Crippen molar-refractivity contribution in [1.29, 1.82) is 0 Å². The van der Waals surface area contributed by atoms with Crippen molar-refractivity contribution in [2.75, 3.05) is 0 Å². The number of hydrogen-bond acceptors (Lipinski definition) is 4. The van der Waals surface area contributed by atoms with E-state index in [1.165, 1.54) is 6.92 Å². The summed E-state index contributed by atoms with van der Waals surface area (Å²) in [6, 6.07) is 13.1. The summed E-state index contributed by atoms with van der Waals surface area (Å²) in [7, 11) is 0. The second-order valence-electron chi connectivity index (χ2n) is 3.22. The van der Waals surface area contributed by atoms with E-state index in [9.17, 15) is 4.79 Å². The van der Waals surface area contributed by atoms with Crippen molar-refractivity contribution >= 4 is 5.97 Å². The molecule has 2 rings (SSSR count). The standard InChI is InChI=1S/C12H10N2O2/c1-9(15)16-12-8-7-11(13-14-12)10-5-3-2-4-6-10/h2-8H,1H3. The van der Waals surface area contributed by atoms with Crippen LogP contribution in [0.3, 0.4) is 0 Å². The highest BCUT2D eigenvalue weighted by atomic mass is 16.5. The minimum absolute atomic E-state index is 0.215. The van der Waals surface area contributed by atoms with Gasteiger partial charge in [-0.25, -0.2) is 0 Å². The summed E-state index contributed by atoms with van der Waals surface area (Å²) in [5.41, 5.74) is 1.72. The summed E-state index contributed by atoms with van der Waals surface area (Å²) in [4.78, 5) is 10.7. The number of rotatable bonds is 2. The zero-order valence-electron chi connectivity index (χ0n) is 8.75. The van der Waals surface area contributed by atoms with Crippen LogP contribution in [0.15, 0.2) is 42.5 Å². The summed E-state index contributed by atoms with van der Waals surface area (Å²) < 4.78 is 4.79. The maximum atomic E-state index is 10.7. The lowest BCUT2D eigenvalue weighted by atomic mass is 10.1. The van der Waals surface area contributed by atoms with Crippen LogP contribution in [-0.2, 0) is 4.79 Å². The third-order valence-electron chi connectivity index (χ3n) is 1.96. The van der Waals surface area contributed by atoms with Gasteiger partial charge < -0.3 is 4.74 Å². The molecule has 0 aliphatic heterocycles. The third-order valence-corrected chi connectivity index (χ3v) is 1.96. The average Bonchev–Trinajstić information content (AvgIpc) is 2.30. The lowest BCUT2D eigenvalue weighted by molar-refractivity contribution is -0.132. The molecule has 0 unspecified atom stereocenters. The zero-order chi connectivity index (χ0) is 11.4. The van der Waals surface area contributed by atoms with Crippen LogP contribution in [0, 0.1) is 0 Å². The maximum Gasteiger partial charge on any atom is 0.309 e. The summed E-state index contributed by atoms with van der Waals surface area (Å²) in [5, 5.41) is 7.78. The quantitative estimate of drug-likeness (QED) is 0.718. The van der Waals surface area contributed by atoms with Crippen LogP contribution in [0.1, 0.15) is 6.92 Å². The van der Waals surface area contributed by atoms with Gasteiger partial charge in [0.25, 0.3) is 0 Å². The van der Waals surface area contributed by atoms with Crippen LogP contribution < -0.4 is 4.74 Å². The second-order valence-corrected chi connectivity index (χ2v) is 3.22. The van der Waals surface area contributed by atoms with Crippen molar-refractivity contribution in [1.82, 2.24) is 10.2 Å². The van der Waals surface area contributed by atoms with E-state index >= 15 is 0 Å². The van der Waals surface area contributed by atoms with E-state index in [1.807, 2.05) is 30.3 Å². The summed E-state index contributed by atoms with van der Waals surface area (Å²) in [5.74, 6) is -0.186. The molecule has 0 atom stereocenters. The molecular formula is C12H10N2O2. The Balaban J connectivity index is 2.23. The number of hydrogen-bond donors (Lipinski definition) is 0. The van der Waals surface area contributed by atoms with E-state index in [0.717, 1.165) is 11.3 Å². The van der Waals surface area contributed by atoms with E-state index in [0.29, 0.717) is 0 Å². The normalized spacial score (nSPS) is 9.81. The molecule has 16 heavy (non-hydrogen) atoms. The summed E-state index contributed by atoms with van der Waals surface area (Å²) in [6.45, 7) is 1.33. The molecule has 0 N–H and O–H groups in total. The van der Waals surface area contributed by atoms with Gasteiger partial charge in [-0.3, -0.25) is 4.79 Å². The largest absolute Gasteiger partial charge is 0.406 e. The minimum Gasteiger partial charge on any atom is -0.406 e. The van der Waals surface area contributed by atoms with Crippen LogP contribution in [0.2, 0.25) is 0 Å². The minimum atomic E-state index is -0.401. The zero-order valence-corrected chi connectivity index (χ0v) is 8.75. The van der Waals surface area contributed by atoms with Gasteiger partial charge in [-0.1, -0.05) is 30.3 Å². The fourth-order valence-electron chi connectivity index (χ4n) is 1.28. The van der Waals surface area contributed by atoms with Crippen LogP contribution >= 0.6 is 0 Å². The Morgan fingerprint density at radius 2 is 1.81 bits per heavy atom. The molecule has 4 nitrogen and oxygen atoms in total. The summed E-state index contributed by atoms with van der Waals surface area (Å²) >= 11 is 0. The molecule has 0 fully saturated rings. The average molecular weight is 214 g/mol. The van der Waals surface area contributed by atoms with Crippen LogP contribution in [0.25, 0.3) is 11.3 Å². The number of ether oxygens (including phenoxy) is 1. The predicted octanol–water partition coefficient (Wildman–Crippen LogP) is 2.07. The molecule has 4 heteroatoms. The molecule has 1 aromatic carbocycles. The monoisotopic (exact) mass is 214 g/mol. The maximum absolute atomic E-state index is 10.7. The molecule has 1 aromatic heterocycles. The van der Waals surface area contributed by atoms with Crippen molar-refractivity contribution in [2.45, 2.75) is 6.92 Å². The molecule has 0 spiro atoms. The van der Waals surface area contributed by atoms with Crippen molar-refractivity contribution in [3.05, 3.63) is 42.5 Å². The second kappa shape index (κ2) is 4.53. The first-order chi connectivity index (χ1) is 7.75. The number of carbonyl (C=O) groups is 1. The Labute approximate surface area is 92.9 Å². The first-order valence-electron chi connectivity index (χ1n) is 4.83. The molecule has 1 heterocycles. The van der Waals surface area contributed by atoms with Gasteiger partial charge >= 0.3 is 5.97 Å². The van der Waals surface area contributed by atoms with Crippen LogP contribution in [0.5, 0.6) is 5.88 Å². The molecule has 0 bridgehead atoms. The smallest absolute Gasteiger partial charge is 0.309 e. The van der Waals surface area contributed by atoms with Gasteiger partial charge in [0.05, 0.1) is 5.69 Å². The number of aromatic nitrogens is 2. The molecule has 80 valence electrons. The first-order valence-corrected chi connectivity index (χ1v) is 4.83. The first kappa shape index (κ1) is 10.3. The van der Waals surface area contributed by atoms with E-state index in [1.54, 1.807) is 12.1 Å². The van der Waals surface area contributed by atoms with E-state index in [4.69, 9.17) is 4.74 Å². The Kier molecular flexibility index (Phi) is 2.91. The van der Waals surface area contributed by atoms with Crippen molar-refractivity contribution in [3.8, 4) is 17.1 Å². The van der Waals surface area contributed by atoms with Gasteiger partial charge in [0.2, 0.25) is 5.88 Å². The number of nitrogens with zero attached hydrogens (tertiary/aromatic N) is 2. The fourth-order valence-corrected chi connectivity index (χ4v) is 1.28. The molecule has 0 radical (unpaired) electrons. The predicted molar refractivity (Wildman–Crippen MR) is 58.8 cm³/mol. The van der Waals surface area contributed by atoms with E-state index in [-0.39, 0.29) is 5.88 Å². The summed E-state index contributed by atoms with van der Waals surface area (Å²) in [6.07, 6.45) is 0.